The number of carbonyl (C=O) groups is 2. The minimum atomic E-state index is -0.387. The Hall–Kier alpha value is -2.38. The molecule has 0 aliphatic carbocycles. The summed E-state index contributed by atoms with van der Waals surface area (Å²) in [6.45, 7) is 10.2. The summed E-state index contributed by atoms with van der Waals surface area (Å²) in [5.74, 6) is -0.0855. The molecule has 1 N–H and O–H groups in total. The average molecular weight is 564 g/mol. The normalized spacial score (nSPS) is 10.9. The van der Waals surface area contributed by atoms with Crippen molar-refractivity contribution in [1.29, 1.82) is 0 Å². The summed E-state index contributed by atoms with van der Waals surface area (Å²) in [4.78, 5) is 25.5. The number of benzene rings is 2. The number of nitrogens with one attached hydrogen (secondary N) is 1. The Balaban J connectivity index is 0.00000648. The predicted molar refractivity (Wildman–Crippen MR) is 142 cm³/mol. The van der Waals surface area contributed by atoms with Gasteiger partial charge in [-0.1, -0.05) is 57.2 Å². The summed E-state index contributed by atoms with van der Waals surface area (Å²) in [5.41, 5.74) is 1.43. The lowest BCUT2D eigenvalue weighted by Gasteiger charge is -2.31. The molecule has 0 fully saturated rings. The lowest BCUT2D eigenvalue weighted by atomic mass is 10.1. The van der Waals surface area contributed by atoms with Gasteiger partial charge in [0.15, 0.2) is 0 Å². The smallest absolute Gasteiger partial charge is 0.338 e. The molecule has 6 nitrogen and oxygen atoms in total. The maximum absolute atomic E-state index is 13.0. The molecule has 7 heteroatoms. The molecule has 2 aromatic carbocycles. The number of para-hydroxylation sites is 1. The van der Waals surface area contributed by atoms with Gasteiger partial charge in [-0.25, -0.2) is 4.79 Å². The second-order valence-corrected chi connectivity index (χ2v) is 9.26. The van der Waals surface area contributed by atoms with E-state index >= 15 is 0 Å². The number of unbranched alkanes of at least 4 members (excludes halogenated alkanes) is 5. The van der Waals surface area contributed by atoms with Crippen LogP contribution >= 0.6 is 0 Å². The minimum Gasteiger partial charge on any atom is -1.00 e. The largest absolute Gasteiger partial charge is 1.00 e. The van der Waals surface area contributed by atoms with Gasteiger partial charge in [-0.2, -0.15) is 0 Å². The molecule has 2 rings (SSSR count). The fourth-order valence-corrected chi connectivity index (χ4v) is 3.75. The first-order valence-corrected chi connectivity index (χ1v) is 13.1. The zero-order valence-electron chi connectivity index (χ0n) is 22.4. The molecule has 0 atom stereocenters. The maximum Gasteiger partial charge on any atom is 0.338 e. The number of amides is 1. The first-order valence-electron chi connectivity index (χ1n) is 13.1. The highest BCUT2D eigenvalue weighted by Crippen LogP contribution is 2.21. The van der Waals surface area contributed by atoms with Crippen LogP contribution in [0, 0.1) is 0 Å². The van der Waals surface area contributed by atoms with Gasteiger partial charge < -0.3 is 36.3 Å². The van der Waals surface area contributed by atoms with Crippen molar-refractivity contribution >= 4 is 17.6 Å². The Morgan fingerprint density at radius 2 is 1.56 bits per heavy atom. The van der Waals surface area contributed by atoms with E-state index in [1.807, 2.05) is 18.2 Å². The topological polar surface area (TPSA) is 64.6 Å². The highest BCUT2D eigenvalue weighted by molar-refractivity contribution is 6.06. The summed E-state index contributed by atoms with van der Waals surface area (Å²) in [7, 11) is 2.15. The SMILES string of the molecule is CCCCCCCCOc1ccccc1C(=O)Nc1cccc(C(=O)OCC[N+](C)(CC)CC)c1.[Br-]. The van der Waals surface area contributed by atoms with Crippen molar-refractivity contribution in [1.82, 2.24) is 0 Å². The van der Waals surface area contributed by atoms with E-state index in [1.54, 1.807) is 30.3 Å². The average Bonchev–Trinajstić information content (AvgIpc) is 2.88. The molecule has 0 heterocycles. The van der Waals surface area contributed by atoms with Crippen LogP contribution < -0.4 is 27.0 Å². The molecule has 0 saturated carbocycles. The molecule has 36 heavy (non-hydrogen) atoms. The van der Waals surface area contributed by atoms with Gasteiger partial charge in [0.1, 0.15) is 18.9 Å². The maximum atomic E-state index is 13.0. The summed E-state index contributed by atoms with van der Waals surface area (Å²) in [5, 5.41) is 2.89. The Kier molecular flexibility index (Phi) is 15.1. The van der Waals surface area contributed by atoms with Crippen LogP contribution in [0.1, 0.15) is 80.0 Å². The lowest BCUT2D eigenvalue weighted by Crippen LogP contribution is -3.00. The molecule has 0 bridgehead atoms. The number of likely N-dealkylation sites (N-methyl/N-ethyl adjacent to an activating group) is 1. The van der Waals surface area contributed by atoms with E-state index in [-0.39, 0.29) is 28.9 Å². The van der Waals surface area contributed by atoms with Crippen LogP contribution in [0.5, 0.6) is 5.75 Å². The van der Waals surface area contributed by atoms with Gasteiger partial charge in [0.05, 0.1) is 37.9 Å². The first kappa shape index (κ1) is 31.6. The Morgan fingerprint density at radius 3 is 2.28 bits per heavy atom. The van der Waals surface area contributed by atoms with Crippen LogP contribution in [0.3, 0.4) is 0 Å². The second-order valence-electron chi connectivity index (χ2n) is 9.26. The molecule has 0 aromatic heterocycles. The number of ether oxygens (including phenoxy) is 2. The van der Waals surface area contributed by atoms with E-state index < -0.39 is 0 Å². The van der Waals surface area contributed by atoms with E-state index in [1.165, 1.54) is 25.7 Å². The van der Waals surface area contributed by atoms with Crippen LogP contribution in [-0.2, 0) is 4.74 Å². The van der Waals surface area contributed by atoms with Crippen molar-refractivity contribution in [2.24, 2.45) is 0 Å². The van der Waals surface area contributed by atoms with Crippen LogP contribution in [-0.4, -0.2) is 56.3 Å². The molecule has 1 amide bonds. The van der Waals surface area contributed by atoms with Crippen LogP contribution in [0.25, 0.3) is 0 Å². The molecule has 2 aromatic rings. The standard InChI is InChI=1S/C29H42N2O4.BrH/c1-5-8-9-10-11-14-21-34-27-19-13-12-18-26(27)28(32)30-25-17-15-16-24(23-25)29(33)35-22-20-31(4,6-2)7-3;/h12-13,15-19,23H,5-11,14,20-22H2,1-4H3;1H. The molecule has 0 aliphatic heterocycles. The Bertz CT molecular complexity index is 931. The monoisotopic (exact) mass is 562 g/mol. The highest BCUT2D eigenvalue weighted by Gasteiger charge is 2.18. The number of anilines is 1. The van der Waals surface area contributed by atoms with E-state index in [0.717, 1.165) is 37.0 Å². The number of hydrogen-bond acceptors (Lipinski definition) is 4. The number of esters is 1. The number of quaternary nitrogens is 1. The number of hydrogen-bond donors (Lipinski definition) is 1. The van der Waals surface area contributed by atoms with Gasteiger partial charge in [0.2, 0.25) is 0 Å². The number of carbonyl (C=O) groups excluding carboxylic acids is 2. The lowest BCUT2D eigenvalue weighted by molar-refractivity contribution is -0.906. The van der Waals surface area contributed by atoms with Crippen molar-refractivity contribution in [2.75, 3.05) is 45.2 Å². The van der Waals surface area contributed by atoms with Gasteiger partial charge in [-0.05, 0) is 50.6 Å². The third-order valence-corrected chi connectivity index (χ3v) is 6.63. The van der Waals surface area contributed by atoms with Crippen molar-refractivity contribution in [2.45, 2.75) is 59.3 Å². The van der Waals surface area contributed by atoms with Crippen molar-refractivity contribution in [3.8, 4) is 5.75 Å². The van der Waals surface area contributed by atoms with Crippen molar-refractivity contribution in [3.63, 3.8) is 0 Å². The highest BCUT2D eigenvalue weighted by atomic mass is 79.9. The third kappa shape index (κ3) is 10.7. The quantitative estimate of drug-likeness (QED) is 0.193. The van der Waals surface area contributed by atoms with E-state index in [4.69, 9.17) is 9.47 Å². The molecule has 0 spiro atoms. The molecule has 200 valence electrons. The molecule has 0 saturated heterocycles. The van der Waals surface area contributed by atoms with Crippen LogP contribution in [0.15, 0.2) is 48.5 Å². The Morgan fingerprint density at radius 1 is 0.861 bits per heavy atom. The summed E-state index contributed by atoms with van der Waals surface area (Å²) >= 11 is 0. The third-order valence-electron chi connectivity index (χ3n) is 6.63. The Labute approximate surface area is 227 Å². The molecular weight excluding hydrogens is 520 g/mol. The van der Waals surface area contributed by atoms with Crippen LogP contribution in [0.4, 0.5) is 5.69 Å². The summed E-state index contributed by atoms with van der Waals surface area (Å²) in [6.07, 6.45) is 7.09. The molecule has 0 unspecified atom stereocenters. The zero-order chi connectivity index (χ0) is 25.5. The fraction of sp³-hybridized carbons (Fsp3) is 0.517. The number of nitrogens with zero attached hydrogens (tertiary/aromatic N) is 1. The van der Waals surface area contributed by atoms with Crippen molar-refractivity contribution in [3.05, 3.63) is 59.7 Å². The summed E-state index contributed by atoms with van der Waals surface area (Å²) in [6, 6.07) is 14.1. The van der Waals surface area contributed by atoms with E-state index in [9.17, 15) is 9.59 Å². The van der Waals surface area contributed by atoms with E-state index in [2.05, 4.69) is 33.1 Å². The van der Waals surface area contributed by atoms with Gasteiger partial charge in [0.25, 0.3) is 5.91 Å². The van der Waals surface area contributed by atoms with Gasteiger partial charge in [-0.15, -0.1) is 0 Å². The number of halogens is 1. The van der Waals surface area contributed by atoms with Gasteiger partial charge in [-0.3, -0.25) is 4.79 Å². The fourth-order valence-electron chi connectivity index (χ4n) is 3.75. The number of rotatable bonds is 16. The summed E-state index contributed by atoms with van der Waals surface area (Å²) < 4.78 is 12.3. The predicted octanol–water partition coefficient (Wildman–Crippen LogP) is 3.33. The van der Waals surface area contributed by atoms with E-state index in [0.29, 0.717) is 35.8 Å². The second kappa shape index (κ2) is 17.1. The van der Waals surface area contributed by atoms with Gasteiger partial charge >= 0.3 is 5.97 Å². The minimum absolute atomic E-state index is 0. The van der Waals surface area contributed by atoms with Gasteiger partial charge in [0, 0.05) is 5.69 Å². The molecule has 0 aliphatic rings. The molecular formula is C29H43BrN2O4. The molecule has 0 radical (unpaired) electrons. The van der Waals surface area contributed by atoms with Crippen LogP contribution in [0.2, 0.25) is 0 Å². The first-order chi connectivity index (χ1) is 16.9. The van der Waals surface area contributed by atoms with Crippen molar-refractivity contribution < 1.29 is 40.5 Å². The zero-order valence-corrected chi connectivity index (χ0v) is 23.9.